The van der Waals surface area contributed by atoms with Gasteiger partial charge in [0.25, 0.3) is 0 Å². The molecule has 1 aromatic carbocycles. The molecular weight excluding hydrogens is 328 g/mol. The molecule has 1 heterocycles. The molecule has 6 heteroatoms. The second-order valence-corrected chi connectivity index (χ2v) is 8.54. The van der Waals surface area contributed by atoms with Gasteiger partial charge >= 0.3 is 0 Å². The quantitative estimate of drug-likeness (QED) is 0.837. The first-order chi connectivity index (χ1) is 8.72. The Balaban J connectivity index is 2.25. The van der Waals surface area contributed by atoms with E-state index in [1.165, 1.54) is 0 Å². The van der Waals surface area contributed by atoms with Gasteiger partial charge < -0.3 is 5.73 Å². The number of piperidine rings is 1. The molecule has 0 radical (unpaired) electrons. The number of nitrogens with two attached hydrogens (primary N) is 1. The fraction of sp³-hybridized carbons (Fsp3) is 0.538. The van der Waals surface area contributed by atoms with Crippen LogP contribution in [0.5, 0.6) is 0 Å². The molecule has 0 atom stereocenters. The summed E-state index contributed by atoms with van der Waals surface area (Å²) in [7, 11) is -3.40. The lowest BCUT2D eigenvalue weighted by Crippen LogP contribution is -2.41. The van der Waals surface area contributed by atoms with E-state index in [1.807, 2.05) is 0 Å². The van der Waals surface area contributed by atoms with Crippen molar-refractivity contribution in [2.45, 2.75) is 31.6 Å². The van der Waals surface area contributed by atoms with Crippen molar-refractivity contribution in [2.75, 3.05) is 18.8 Å². The second kappa shape index (κ2) is 5.07. The average molecular weight is 347 g/mol. The van der Waals surface area contributed by atoms with Crippen molar-refractivity contribution in [3.05, 3.63) is 22.7 Å². The Bertz CT molecular complexity index is 574. The van der Waals surface area contributed by atoms with Crippen molar-refractivity contribution in [3.8, 4) is 0 Å². The summed E-state index contributed by atoms with van der Waals surface area (Å²) in [6, 6.07) is 4.75. The van der Waals surface area contributed by atoms with Crippen molar-refractivity contribution >= 4 is 31.6 Å². The number of nitrogens with zero attached hydrogens (tertiary/aromatic N) is 1. The average Bonchev–Trinajstić information content (AvgIpc) is 2.32. The molecule has 0 aromatic heterocycles. The fourth-order valence-electron chi connectivity index (χ4n) is 2.15. The van der Waals surface area contributed by atoms with Crippen molar-refractivity contribution in [1.82, 2.24) is 4.31 Å². The lowest BCUT2D eigenvalue weighted by atomic mass is 9.83. The third-order valence-electron chi connectivity index (χ3n) is 3.69. The highest BCUT2D eigenvalue weighted by Gasteiger charge is 2.32. The van der Waals surface area contributed by atoms with Crippen molar-refractivity contribution in [1.29, 1.82) is 0 Å². The first kappa shape index (κ1) is 14.8. The van der Waals surface area contributed by atoms with E-state index in [-0.39, 0.29) is 5.41 Å². The standard InChI is InChI=1S/C13H19BrN2O2S/c1-13(2)5-7-16(8-6-13)19(17,18)10-3-4-12(15)11(14)9-10/h3-4,9H,5-8,15H2,1-2H3. The molecule has 1 aliphatic heterocycles. The van der Waals surface area contributed by atoms with Gasteiger partial charge in [0.15, 0.2) is 0 Å². The molecule has 0 aliphatic carbocycles. The summed E-state index contributed by atoms with van der Waals surface area (Å²) in [5.41, 5.74) is 6.46. The van der Waals surface area contributed by atoms with Crippen LogP contribution in [-0.4, -0.2) is 25.8 Å². The molecule has 0 unspecified atom stereocenters. The van der Waals surface area contributed by atoms with E-state index in [9.17, 15) is 8.42 Å². The molecule has 0 bridgehead atoms. The Kier molecular flexibility index (Phi) is 3.95. The summed E-state index contributed by atoms with van der Waals surface area (Å²) in [6.07, 6.45) is 1.78. The maximum absolute atomic E-state index is 12.5. The predicted octanol–water partition coefficient (Wildman–Crippen LogP) is 2.84. The summed E-state index contributed by atoms with van der Waals surface area (Å²) in [6.45, 7) is 5.52. The largest absolute Gasteiger partial charge is 0.398 e. The van der Waals surface area contributed by atoms with Gasteiger partial charge in [0, 0.05) is 23.2 Å². The smallest absolute Gasteiger partial charge is 0.243 e. The third-order valence-corrected chi connectivity index (χ3v) is 6.27. The Morgan fingerprint density at radius 1 is 1.26 bits per heavy atom. The predicted molar refractivity (Wildman–Crippen MR) is 80.3 cm³/mol. The van der Waals surface area contributed by atoms with Crippen LogP contribution in [0.4, 0.5) is 5.69 Å². The number of nitrogen functional groups attached to an aromatic ring is 1. The second-order valence-electron chi connectivity index (χ2n) is 5.75. The minimum Gasteiger partial charge on any atom is -0.398 e. The van der Waals surface area contributed by atoms with E-state index < -0.39 is 10.0 Å². The summed E-state index contributed by atoms with van der Waals surface area (Å²) >= 11 is 3.27. The first-order valence-electron chi connectivity index (χ1n) is 6.28. The molecule has 0 spiro atoms. The Hall–Kier alpha value is -0.590. The summed E-state index contributed by atoms with van der Waals surface area (Å²) in [5.74, 6) is 0. The normalized spacial score (nSPS) is 20.4. The van der Waals surface area contributed by atoms with Crippen LogP contribution in [0.15, 0.2) is 27.6 Å². The van der Waals surface area contributed by atoms with E-state index in [0.29, 0.717) is 28.1 Å². The van der Waals surface area contributed by atoms with Crippen molar-refractivity contribution in [3.63, 3.8) is 0 Å². The topological polar surface area (TPSA) is 63.4 Å². The number of rotatable bonds is 2. The number of anilines is 1. The number of sulfonamides is 1. The molecule has 1 saturated heterocycles. The molecule has 1 fully saturated rings. The Labute approximate surface area is 123 Å². The van der Waals surface area contributed by atoms with Crippen LogP contribution >= 0.6 is 15.9 Å². The molecule has 1 aromatic rings. The summed E-state index contributed by atoms with van der Waals surface area (Å²) in [5, 5.41) is 0. The highest BCUT2D eigenvalue weighted by Crippen LogP contribution is 2.33. The number of hydrogen-bond acceptors (Lipinski definition) is 3. The van der Waals surface area contributed by atoms with E-state index in [1.54, 1.807) is 22.5 Å². The van der Waals surface area contributed by atoms with Gasteiger partial charge in [-0.3, -0.25) is 0 Å². The Morgan fingerprint density at radius 3 is 2.37 bits per heavy atom. The van der Waals surface area contributed by atoms with E-state index in [0.717, 1.165) is 12.8 Å². The van der Waals surface area contributed by atoms with Gasteiger partial charge in [-0.1, -0.05) is 13.8 Å². The van der Waals surface area contributed by atoms with Gasteiger partial charge in [0.2, 0.25) is 10.0 Å². The van der Waals surface area contributed by atoms with E-state index in [4.69, 9.17) is 5.73 Å². The van der Waals surface area contributed by atoms with Gasteiger partial charge in [0.1, 0.15) is 0 Å². The van der Waals surface area contributed by atoms with Crippen LogP contribution in [0.1, 0.15) is 26.7 Å². The zero-order valence-corrected chi connectivity index (χ0v) is 13.6. The van der Waals surface area contributed by atoms with Crippen LogP contribution in [0.2, 0.25) is 0 Å². The van der Waals surface area contributed by atoms with Gasteiger partial charge in [-0.05, 0) is 52.4 Å². The maximum atomic E-state index is 12.5. The SMILES string of the molecule is CC1(C)CCN(S(=O)(=O)c2ccc(N)c(Br)c2)CC1. The fourth-order valence-corrected chi connectivity index (χ4v) is 4.15. The van der Waals surface area contributed by atoms with Crippen LogP contribution in [0.3, 0.4) is 0 Å². The highest BCUT2D eigenvalue weighted by atomic mass is 79.9. The molecule has 106 valence electrons. The van der Waals surface area contributed by atoms with Gasteiger partial charge in [-0.2, -0.15) is 4.31 Å². The summed E-state index contributed by atoms with van der Waals surface area (Å²) in [4.78, 5) is 0.299. The van der Waals surface area contributed by atoms with Gasteiger partial charge in [-0.25, -0.2) is 8.42 Å². The zero-order valence-electron chi connectivity index (χ0n) is 11.2. The maximum Gasteiger partial charge on any atom is 0.243 e. The molecule has 19 heavy (non-hydrogen) atoms. The first-order valence-corrected chi connectivity index (χ1v) is 8.51. The molecular formula is C13H19BrN2O2S. The van der Waals surface area contributed by atoms with Crippen LogP contribution in [0.25, 0.3) is 0 Å². The Morgan fingerprint density at radius 2 is 1.84 bits per heavy atom. The molecule has 4 nitrogen and oxygen atoms in total. The van der Waals surface area contributed by atoms with Gasteiger partial charge in [0.05, 0.1) is 4.90 Å². The molecule has 1 aliphatic rings. The van der Waals surface area contributed by atoms with Gasteiger partial charge in [-0.15, -0.1) is 0 Å². The number of benzene rings is 1. The molecule has 2 rings (SSSR count). The van der Waals surface area contributed by atoms with Crippen LogP contribution in [-0.2, 0) is 10.0 Å². The number of hydrogen-bond donors (Lipinski definition) is 1. The lowest BCUT2D eigenvalue weighted by Gasteiger charge is -2.36. The van der Waals surface area contributed by atoms with Crippen LogP contribution < -0.4 is 5.73 Å². The molecule has 0 saturated carbocycles. The van der Waals surface area contributed by atoms with E-state index >= 15 is 0 Å². The van der Waals surface area contributed by atoms with Crippen LogP contribution in [0, 0.1) is 5.41 Å². The third kappa shape index (κ3) is 3.12. The zero-order chi connectivity index (χ0) is 14.3. The number of halogens is 1. The van der Waals surface area contributed by atoms with Crippen molar-refractivity contribution in [2.24, 2.45) is 5.41 Å². The highest BCUT2D eigenvalue weighted by molar-refractivity contribution is 9.10. The minimum absolute atomic E-state index is 0.230. The van der Waals surface area contributed by atoms with E-state index in [2.05, 4.69) is 29.8 Å². The molecule has 0 amide bonds. The lowest BCUT2D eigenvalue weighted by molar-refractivity contribution is 0.196. The molecule has 2 N–H and O–H groups in total. The monoisotopic (exact) mass is 346 g/mol. The van der Waals surface area contributed by atoms with Crippen molar-refractivity contribution < 1.29 is 8.42 Å². The minimum atomic E-state index is -3.40. The summed E-state index contributed by atoms with van der Waals surface area (Å²) < 4.78 is 27.2.